The predicted molar refractivity (Wildman–Crippen MR) is 80.3 cm³/mol. The summed E-state index contributed by atoms with van der Waals surface area (Å²) >= 11 is 0. The Morgan fingerprint density at radius 3 is 2.25 bits per heavy atom. The first-order chi connectivity index (χ1) is 9.75. The van der Waals surface area contributed by atoms with Crippen molar-refractivity contribution in [3.8, 4) is 0 Å². The SMILES string of the molecule is O=C(C=CC(O)c1ccccc1)CCc1ccccc1. The second-order valence-electron chi connectivity index (χ2n) is 4.67. The number of hydrogen-bond acceptors (Lipinski definition) is 2. The third-order valence-corrected chi connectivity index (χ3v) is 3.11. The Morgan fingerprint density at radius 1 is 1.00 bits per heavy atom. The summed E-state index contributed by atoms with van der Waals surface area (Å²) in [5.41, 5.74) is 1.94. The van der Waals surface area contributed by atoms with E-state index in [1.54, 1.807) is 6.08 Å². The average Bonchev–Trinajstić information content (AvgIpc) is 2.52. The first-order valence-electron chi connectivity index (χ1n) is 6.73. The topological polar surface area (TPSA) is 37.3 Å². The van der Waals surface area contributed by atoms with Crippen molar-refractivity contribution in [2.45, 2.75) is 18.9 Å². The highest BCUT2D eigenvalue weighted by atomic mass is 16.3. The molecule has 0 radical (unpaired) electrons. The second kappa shape index (κ2) is 7.41. The Bertz CT molecular complexity index is 558. The van der Waals surface area contributed by atoms with Crippen molar-refractivity contribution in [1.82, 2.24) is 0 Å². The molecule has 2 aromatic rings. The van der Waals surface area contributed by atoms with Gasteiger partial charge in [0, 0.05) is 6.42 Å². The molecule has 1 N–H and O–H groups in total. The molecule has 0 aliphatic heterocycles. The number of ketones is 1. The maximum absolute atomic E-state index is 11.8. The number of aliphatic hydroxyl groups is 1. The molecular formula is C18H18O2. The summed E-state index contributed by atoms with van der Waals surface area (Å²) in [5, 5.41) is 9.92. The fraction of sp³-hybridized carbons (Fsp3) is 0.167. The summed E-state index contributed by atoms with van der Waals surface area (Å²) in [7, 11) is 0. The zero-order chi connectivity index (χ0) is 14.2. The molecule has 2 aromatic carbocycles. The molecule has 0 saturated heterocycles. The van der Waals surface area contributed by atoms with Gasteiger partial charge in [-0.3, -0.25) is 4.79 Å². The smallest absolute Gasteiger partial charge is 0.155 e. The van der Waals surface area contributed by atoms with E-state index in [0.717, 1.165) is 17.5 Å². The fourth-order valence-electron chi connectivity index (χ4n) is 1.96. The van der Waals surface area contributed by atoms with Crippen LogP contribution in [0.4, 0.5) is 0 Å². The minimum atomic E-state index is -0.725. The number of hydrogen-bond donors (Lipinski definition) is 1. The van der Waals surface area contributed by atoms with Crippen molar-refractivity contribution >= 4 is 5.78 Å². The first-order valence-corrected chi connectivity index (χ1v) is 6.73. The molecule has 2 nitrogen and oxygen atoms in total. The maximum atomic E-state index is 11.8. The van der Waals surface area contributed by atoms with Crippen molar-refractivity contribution in [1.29, 1.82) is 0 Å². The van der Waals surface area contributed by atoms with Crippen LogP contribution in [0.3, 0.4) is 0 Å². The van der Waals surface area contributed by atoms with Gasteiger partial charge in [-0.2, -0.15) is 0 Å². The quantitative estimate of drug-likeness (QED) is 0.813. The highest BCUT2D eigenvalue weighted by Gasteiger charge is 2.03. The summed E-state index contributed by atoms with van der Waals surface area (Å²) in [5.74, 6) is 0.0313. The van der Waals surface area contributed by atoms with Crippen LogP contribution in [0.15, 0.2) is 72.8 Å². The van der Waals surface area contributed by atoms with Crippen LogP contribution in [0.2, 0.25) is 0 Å². The lowest BCUT2D eigenvalue weighted by Crippen LogP contribution is -1.98. The van der Waals surface area contributed by atoms with E-state index in [0.29, 0.717) is 6.42 Å². The van der Waals surface area contributed by atoms with Gasteiger partial charge in [-0.15, -0.1) is 0 Å². The standard InChI is InChI=1S/C18H18O2/c19-17(12-11-15-7-3-1-4-8-15)13-14-18(20)16-9-5-2-6-10-16/h1-10,13-14,18,20H,11-12H2. The highest BCUT2D eigenvalue weighted by Crippen LogP contribution is 2.13. The van der Waals surface area contributed by atoms with Crippen molar-refractivity contribution in [3.05, 3.63) is 83.9 Å². The van der Waals surface area contributed by atoms with Gasteiger partial charge in [-0.1, -0.05) is 60.7 Å². The summed E-state index contributed by atoms with van der Waals surface area (Å²) in [6, 6.07) is 19.2. The molecule has 2 rings (SSSR count). The van der Waals surface area contributed by atoms with E-state index in [9.17, 15) is 9.90 Å². The van der Waals surface area contributed by atoms with Crippen molar-refractivity contribution in [3.63, 3.8) is 0 Å². The molecule has 0 fully saturated rings. The molecule has 0 saturated carbocycles. The lowest BCUT2D eigenvalue weighted by Gasteiger charge is -2.04. The van der Waals surface area contributed by atoms with Crippen LogP contribution in [0.25, 0.3) is 0 Å². The van der Waals surface area contributed by atoms with E-state index < -0.39 is 6.10 Å². The number of aliphatic hydroxyl groups excluding tert-OH is 1. The number of carbonyl (C=O) groups excluding carboxylic acids is 1. The highest BCUT2D eigenvalue weighted by molar-refractivity contribution is 5.89. The Kier molecular flexibility index (Phi) is 5.27. The van der Waals surface area contributed by atoms with Crippen LogP contribution in [-0.2, 0) is 11.2 Å². The second-order valence-corrected chi connectivity index (χ2v) is 4.67. The molecule has 1 unspecified atom stereocenters. The monoisotopic (exact) mass is 266 g/mol. The van der Waals surface area contributed by atoms with Crippen molar-refractivity contribution < 1.29 is 9.90 Å². The van der Waals surface area contributed by atoms with Gasteiger partial charge in [-0.05, 0) is 29.7 Å². The van der Waals surface area contributed by atoms with Gasteiger partial charge in [-0.25, -0.2) is 0 Å². The number of allylic oxidation sites excluding steroid dienone is 1. The fourth-order valence-corrected chi connectivity index (χ4v) is 1.96. The van der Waals surface area contributed by atoms with E-state index in [2.05, 4.69) is 0 Å². The number of rotatable bonds is 6. The number of carbonyl (C=O) groups is 1. The van der Waals surface area contributed by atoms with E-state index in [4.69, 9.17) is 0 Å². The van der Waals surface area contributed by atoms with Gasteiger partial charge in [0.15, 0.2) is 5.78 Å². The van der Waals surface area contributed by atoms with Gasteiger partial charge in [0.25, 0.3) is 0 Å². The summed E-state index contributed by atoms with van der Waals surface area (Å²) in [6.45, 7) is 0. The third-order valence-electron chi connectivity index (χ3n) is 3.11. The number of aryl methyl sites for hydroxylation is 1. The van der Waals surface area contributed by atoms with E-state index in [-0.39, 0.29) is 5.78 Å². The summed E-state index contributed by atoms with van der Waals surface area (Å²) < 4.78 is 0. The lowest BCUT2D eigenvalue weighted by molar-refractivity contribution is -0.114. The Balaban J connectivity index is 1.84. The van der Waals surface area contributed by atoms with Crippen LogP contribution in [0.1, 0.15) is 23.7 Å². The normalized spacial score (nSPS) is 12.4. The summed E-state index contributed by atoms with van der Waals surface area (Å²) in [6.07, 6.45) is 3.48. The van der Waals surface area contributed by atoms with Gasteiger partial charge in [0.2, 0.25) is 0 Å². The third kappa shape index (κ3) is 4.48. The molecule has 1 atom stereocenters. The van der Waals surface area contributed by atoms with Gasteiger partial charge in [0.05, 0.1) is 6.10 Å². The molecule has 0 spiro atoms. The molecule has 20 heavy (non-hydrogen) atoms. The lowest BCUT2D eigenvalue weighted by atomic mass is 10.1. The zero-order valence-electron chi connectivity index (χ0n) is 11.3. The minimum absolute atomic E-state index is 0.0313. The Morgan fingerprint density at radius 2 is 1.60 bits per heavy atom. The maximum Gasteiger partial charge on any atom is 0.155 e. The van der Waals surface area contributed by atoms with Gasteiger partial charge < -0.3 is 5.11 Å². The zero-order valence-corrected chi connectivity index (χ0v) is 11.3. The predicted octanol–water partition coefficient (Wildman–Crippen LogP) is 3.48. The number of benzene rings is 2. The molecule has 0 aliphatic rings. The van der Waals surface area contributed by atoms with Gasteiger partial charge >= 0.3 is 0 Å². The molecule has 0 aliphatic carbocycles. The molecule has 102 valence electrons. The molecule has 2 heteroatoms. The molecule has 0 bridgehead atoms. The van der Waals surface area contributed by atoms with Crippen LogP contribution in [0, 0.1) is 0 Å². The van der Waals surface area contributed by atoms with Crippen LogP contribution >= 0.6 is 0 Å². The van der Waals surface area contributed by atoms with Crippen LogP contribution in [-0.4, -0.2) is 10.9 Å². The van der Waals surface area contributed by atoms with E-state index >= 15 is 0 Å². The molecular weight excluding hydrogens is 248 g/mol. The Labute approximate surface area is 119 Å². The van der Waals surface area contributed by atoms with E-state index in [1.165, 1.54) is 6.08 Å². The Hall–Kier alpha value is -2.19. The van der Waals surface area contributed by atoms with Crippen molar-refractivity contribution in [2.75, 3.05) is 0 Å². The minimum Gasteiger partial charge on any atom is -0.384 e. The van der Waals surface area contributed by atoms with Crippen LogP contribution < -0.4 is 0 Å². The molecule has 0 amide bonds. The average molecular weight is 266 g/mol. The van der Waals surface area contributed by atoms with E-state index in [1.807, 2.05) is 60.7 Å². The van der Waals surface area contributed by atoms with Gasteiger partial charge in [0.1, 0.15) is 0 Å². The summed E-state index contributed by atoms with van der Waals surface area (Å²) in [4.78, 5) is 11.8. The first kappa shape index (κ1) is 14.2. The molecule has 0 heterocycles. The van der Waals surface area contributed by atoms with Crippen LogP contribution in [0.5, 0.6) is 0 Å². The molecule has 0 aromatic heterocycles. The van der Waals surface area contributed by atoms with Crippen molar-refractivity contribution in [2.24, 2.45) is 0 Å². The largest absolute Gasteiger partial charge is 0.384 e.